The third-order valence-corrected chi connectivity index (χ3v) is 1.98. The summed E-state index contributed by atoms with van der Waals surface area (Å²) in [5, 5.41) is 11.2. The standard InChI is InChI=1S/C11H14N2O4/c1-2-3-7-17-11(16)13-8-5-4-6-12-9(8)10(14)15/h4-6H,2-3,7H2,1H3,(H,13,16)(H,14,15). The van der Waals surface area contributed by atoms with Gasteiger partial charge in [0.25, 0.3) is 0 Å². The van der Waals surface area contributed by atoms with Crippen LogP contribution in [0.2, 0.25) is 0 Å². The van der Waals surface area contributed by atoms with Gasteiger partial charge in [0.2, 0.25) is 0 Å². The Balaban J connectivity index is 2.61. The van der Waals surface area contributed by atoms with Crippen molar-refractivity contribution >= 4 is 17.7 Å². The number of carbonyl (C=O) groups excluding carboxylic acids is 1. The van der Waals surface area contributed by atoms with E-state index in [1.54, 1.807) is 0 Å². The van der Waals surface area contributed by atoms with Gasteiger partial charge in [-0.05, 0) is 18.6 Å². The van der Waals surface area contributed by atoms with E-state index >= 15 is 0 Å². The predicted molar refractivity (Wildman–Crippen MR) is 61.1 cm³/mol. The number of aromatic carboxylic acids is 1. The molecule has 1 amide bonds. The number of nitrogens with one attached hydrogen (secondary N) is 1. The lowest BCUT2D eigenvalue weighted by Crippen LogP contribution is -2.17. The third kappa shape index (κ3) is 4.10. The highest BCUT2D eigenvalue weighted by Gasteiger charge is 2.13. The summed E-state index contributed by atoms with van der Waals surface area (Å²) in [5.74, 6) is -1.20. The van der Waals surface area contributed by atoms with Crippen molar-refractivity contribution in [2.24, 2.45) is 0 Å². The highest BCUT2D eigenvalue weighted by Crippen LogP contribution is 2.12. The molecular weight excluding hydrogens is 224 g/mol. The van der Waals surface area contributed by atoms with E-state index in [9.17, 15) is 9.59 Å². The molecule has 0 unspecified atom stereocenters. The number of ether oxygens (including phenoxy) is 1. The summed E-state index contributed by atoms with van der Waals surface area (Å²) in [6.07, 6.45) is 2.36. The molecule has 0 fully saturated rings. The van der Waals surface area contributed by atoms with Gasteiger partial charge in [-0.3, -0.25) is 5.32 Å². The molecular formula is C11H14N2O4. The summed E-state index contributed by atoms with van der Waals surface area (Å²) in [6.45, 7) is 2.29. The largest absolute Gasteiger partial charge is 0.476 e. The van der Waals surface area contributed by atoms with E-state index in [4.69, 9.17) is 9.84 Å². The number of hydrogen-bond donors (Lipinski definition) is 2. The van der Waals surface area contributed by atoms with Crippen LogP contribution in [0.5, 0.6) is 0 Å². The van der Waals surface area contributed by atoms with E-state index in [1.165, 1.54) is 18.3 Å². The van der Waals surface area contributed by atoms with Crippen LogP contribution in [0.25, 0.3) is 0 Å². The van der Waals surface area contributed by atoms with Crippen molar-refractivity contribution in [3.05, 3.63) is 24.0 Å². The van der Waals surface area contributed by atoms with Crippen molar-refractivity contribution in [2.75, 3.05) is 11.9 Å². The minimum Gasteiger partial charge on any atom is -0.476 e. The van der Waals surface area contributed by atoms with Crippen LogP contribution in [0.3, 0.4) is 0 Å². The first-order valence-corrected chi connectivity index (χ1v) is 5.27. The zero-order valence-electron chi connectivity index (χ0n) is 9.47. The number of pyridine rings is 1. The molecule has 0 saturated heterocycles. The van der Waals surface area contributed by atoms with Crippen LogP contribution >= 0.6 is 0 Å². The molecule has 1 rings (SSSR count). The zero-order valence-corrected chi connectivity index (χ0v) is 9.47. The fraction of sp³-hybridized carbons (Fsp3) is 0.364. The molecule has 0 bridgehead atoms. The smallest absolute Gasteiger partial charge is 0.411 e. The lowest BCUT2D eigenvalue weighted by atomic mass is 10.3. The number of aromatic nitrogens is 1. The highest BCUT2D eigenvalue weighted by molar-refractivity contribution is 5.96. The van der Waals surface area contributed by atoms with E-state index in [-0.39, 0.29) is 11.4 Å². The second kappa shape index (κ2) is 6.47. The number of carbonyl (C=O) groups is 2. The number of nitrogens with zero attached hydrogens (tertiary/aromatic N) is 1. The summed E-state index contributed by atoms with van der Waals surface area (Å²) in [6, 6.07) is 2.99. The molecule has 0 radical (unpaired) electrons. The fourth-order valence-electron chi connectivity index (χ4n) is 1.13. The molecule has 1 heterocycles. The maximum Gasteiger partial charge on any atom is 0.411 e. The van der Waals surface area contributed by atoms with Gasteiger partial charge in [0, 0.05) is 6.20 Å². The molecule has 0 spiro atoms. The summed E-state index contributed by atoms with van der Waals surface area (Å²) < 4.78 is 4.85. The van der Waals surface area contributed by atoms with Crippen molar-refractivity contribution < 1.29 is 19.4 Å². The van der Waals surface area contributed by atoms with Crippen molar-refractivity contribution in [3.63, 3.8) is 0 Å². The SMILES string of the molecule is CCCCOC(=O)Nc1cccnc1C(=O)O. The lowest BCUT2D eigenvalue weighted by Gasteiger charge is -2.07. The highest BCUT2D eigenvalue weighted by atomic mass is 16.5. The van der Waals surface area contributed by atoms with Crippen LogP contribution in [0.15, 0.2) is 18.3 Å². The van der Waals surface area contributed by atoms with Gasteiger partial charge in [-0.15, -0.1) is 0 Å². The van der Waals surface area contributed by atoms with Gasteiger partial charge in [0.05, 0.1) is 12.3 Å². The Labute approximate surface area is 98.6 Å². The molecule has 0 aliphatic rings. The minimum absolute atomic E-state index is 0.126. The van der Waals surface area contributed by atoms with E-state index in [0.717, 1.165) is 12.8 Å². The maximum atomic E-state index is 11.3. The summed E-state index contributed by atoms with van der Waals surface area (Å²) >= 11 is 0. The first kappa shape index (κ1) is 13.0. The molecule has 0 atom stereocenters. The van der Waals surface area contributed by atoms with Crippen LogP contribution < -0.4 is 5.32 Å². The molecule has 0 saturated carbocycles. The molecule has 1 aromatic rings. The number of unbranched alkanes of at least 4 members (excludes halogenated alkanes) is 1. The van der Waals surface area contributed by atoms with Gasteiger partial charge in [-0.2, -0.15) is 0 Å². The molecule has 1 aromatic heterocycles. The van der Waals surface area contributed by atoms with Crippen molar-refractivity contribution in [1.82, 2.24) is 4.98 Å². The molecule has 17 heavy (non-hydrogen) atoms. The molecule has 0 aliphatic carbocycles. The Hall–Kier alpha value is -2.11. The van der Waals surface area contributed by atoms with E-state index < -0.39 is 12.1 Å². The number of anilines is 1. The quantitative estimate of drug-likeness (QED) is 0.767. The number of amides is 1. The molecule has 92 valence electrons. The first-order chi connectivity index (χ1) is 8.15. The average molecular weight is 238 g/mol. The Bertz CT molecular complexity index is 406. The number of carboxylic acids is 1. The van der Waals surface area contributed by atoms with Crippen LogP contribution in [0.1, 0.15) is 30.3 Å². The summed E-state index contributed by atoms with van der Waals surface area (Å²) in [7, 11) is 0. The lowest BCUT2D eigenvalue weighted by molar-refractivity contribution is 0.0691. The van der Waals surface area contributed by atoms with Crippen LogP contribution in [-0.2, 0) is 4.74 Å². The van der Waals surface area contributed by atoms with E-state index in [0.29, 0.717) is 6.61 Å². The third-order valence-electron chi connectivity index (χ3n) is 1.98. The van der Waals surface area contributed by atoms with E-state index in [2.05, 4.69) is 10.3 Å². The Morgan fingerprint density at radius 1 is 1.53 bits per heavy atom. The Morgan fingerprint density at radius 3 is 2.94 bits per heavy atom. The Morgan fingerprint density at radius 2 is 2.29 bits per heavy atom. The second-order valence-electron chi connectivity index (χ2n) is 3.32. The van der Waals surface area contributed by atoms with Gasteiger partial charge in [0.15, 0.2) is 5.69 Å². The summed E-state index contributed by atoms with van der Waals surface area (Å²) in [4.78, 5) is 25.8. The summed E-state index contributed by atoms with van der Waals surface area (Å²) in [5.41, 5.74) is -0.0820. The van der Waals surface area contributed by atoms with Crippen molar-refractivity contribution in [1.29, 1.82) is 0 Å². The first-order valence-electron chi connectivity index (χ1n) is 5.27. The van der Waals surface area contributed by atoms with Gasteiger partial charge in [-0.1, -0.05) is 13.3 Å². The average Bonchev–Trinajstić information content (AvgIpc) is 2.29. The monoisotopic (exact) mass is 238 g/mol. The number of carboxylic acid groups (broad SMARTS) is 1. The van der Waals surface area contributed by atoms with Crippen molar-refractivity contribution in [2.45, 2.75) is 19.8 Å². The maximum absolute atomic E-state index is 11.3. The molecule has 0 aliphatic heterocycles. The zero-order chi connectivity index (χ0) is 12.7. The predicted octanol–water partition coefficient (Wildman–Crippen LogP) is 2.13. The molecule has 2 N–H and O–H groups in total. The minimum atomic E-state index is -1.20. The molecule has 6 heteroatoms. The van der Waals surface area contributed by atoms with Crippen LogP contribution in [-0.4, -0.2) is 28.8 Å². The molecule has 6 nitrogen and oxygen atoms in total. The fourth-order valence-corrected chi connectivity index (χ4v) is 1.13. The van der Waals surface area contributed by atoms with Crippen LogP contribution in [0, 0.1) is 0 Å². The second-order valence-corrected chi connectivity index (χ2v) is 3.32. The van der Waals surface area contributed by atoms with Crippen LogP contribution in [0.4, 0.5) is 10.5 Å². The molecule has 0 aromatic carbocycles. The van der Waals surface area contributed by atoms with Crippen molar-refractivity contribution in [3.8, 4) is 0 Å². The number of rotatable bonds is 5. The van der Waals surface area contributed by atoms with Gasteiger partial charge in [0.1, 0.15) is 0 Å². The Kier molecular flexibility index (Phi) is 4.93. The van der Waals surface area contributed by atoms with Gasteiger partial charge in [-0.25, -0.2) is 14.6 Å². The van der Waals surface area contributed by atoms with Gasteiger partial charge < -0.3 is 9.84 Å². The van der Waals surface area contributed by atoms with Gasteiger partial charge >= 0.3 is 12.1 Å². The van der Waals surface area contributed by atoms with E-state index in [1.807, 2.05) is 6.92 Å². The normalized spacial score (nSPS) is 9.71. The number of hydrogen-bond acceptors (Lipinski definition) is 4. The topological polar surface area (TPSA) is 88.5 Å².